The average Bonchev–Trinajstić information content (AvgIpc) is 2.75. The van der Waals surface area contributed by atoms with Crippen molar-refractivity contribution in [2.75, 3.05) is 38.2 Å². The van der Waals surface area contributed by atoms with Crippen LogP contribution in [0.2, 0.25) is 0 Å². The molecular weight excluding hydrogens is 258 g/mol. The van der Waals surface area contributed by atoms with Crippen LogP contribution in [0.3, 0.4) is 0 Å². The molecule has 20 heavy (non-hydrogen) atoms. The number of morpholine rings is 1. The monoisotopic (exact) mass is 281 g/mol. The third-order valence-corrected chi connectivity index (χ3v) is 3.47. The van der Waals surface area contributed by atoms with E-state index in [1.807, 2.05) is 13.0 Å². The Hall–Kier alpha value is -1.60. The van der Waals surface area contributed by atoms with Crippen molar-refractivity contribution in [2.45, 2.75) is 19.9 Å². The van der Waals surface area contributed by atoms with Gasteiger partial charge < -0.3 is 10.1 Å². The Morgan fingerprint density at radius 2 is 2.20 bits per heavy atom. The molecule has 0 aliphatic carbocycles. The number of ether oxygens (including phenoxy) is 1. The van der Waals surface area contributed by atoms with E-state index in [1.54, 1.807) is 11.7 Å². The highest BCUT2D eigenvalue weighted by molar-refractivity contribution is 5.88. The standard InChI is InChI=1S/C13H23N5O2/c1-10-8-12(17(3)16-10)15-13(19)14-9-11(2)18-4-6-20-7-5-18/h8,11H,4-7,9H2,1-3H3,(H2,14,15,19)/t11-/m0/s1. The van der Waals surface area contributed by atoms with Crippen LogP contribution in [0.1, 0.15) is 12.6 Å². The number of nitrogens with zero attached hydrogens (tertiary/aromatic N) is 3. The number of nitrogens with one attached hydrogen (secondary N) is 2. The van der Waals surface area contributed by atoms with Crippen molar-refractivity contribution < 1.29 is 9.53 Å². The number of anilines is 1. The number of carbonyl (C=O) groups is 1. The maximum absolute atomic E-state index is 11.9. The zero-order valence-corrected chi connectivity index (χ0v) is 12.3. The number of urea groups is 1. The van der Waals surface area contributed by atoms with E-state index in [0.717, 1.165) is 32.0 Å². The molecule has 0 bridgehead atoms. The van der Waals surface area contributed by atoms with Gasteiger partial charge in [-0.05, 0) is 13.8 Å². The van der Waals surface area contributed by atoms with Crippen molar-refractivity contribution in [2.24, 2.45) is 7.05 Å². The minimum absolute atomic E-state index is 0.201. The van der Waals surface area contributed by atoms with E-state index in [4.69, 9.17) is 4.74 Å². The fraction of sp³-hybridized carbons (Fsp3) is 0.692. The quantitative estimate of drug-likeness (QED) is 0.846. The zero-order chi connectivity index (χ0) is 14.5. The Balaban J connectivity index is 1.75. The summed E-state index contributed by atoms with van der Waals surface area (Å²) in [4.78, 5) is 14.2. The van der Waals surface area contributed by atoms with Gasteiger partial charge in [-0.1, -0.05) is 0 Å². The van der Waals surface area contributed by atoms with Crippen molar-refractivity contribution in [3.05, 3.63) is 11.8 Å². The van der Waals surface area contributed by atoms with Crippen molar-refractivity contribution in [1.82, 2.24) is 20.0 Å². The van der Waals surface area contributed by atoms with Crippen LogP contribution in [0, 0.1) is 6.92 Å². The minimum atomic E-state index is -0.201. The Morgan fingerprint density at radius 3 is 2.80 bits per heavy atom. The molecule has 1 aliphatic rings. The highest BCUT2D eigenvalue weighted by atomic mass is 16.5. The number of hydrogen-bond donors (Lipinski definition) is 2. The van der Waals surface area contributed by atoms with Gasteiger partial charge in [0.1, 0.15) is 5.82 Å². The molecule has 2 heterocycles. The van der Waals surface area contributed by atoms with Gasteiger partial charge in [0.15, 0.2) is 0 Å². The molecule has 1 aromatic rings. The molecule has 1 aliphatic heterocycles. The fourth-order valence-electron chi connectivity index (χ4n) is 2.28. The lowest BCUT2D eigenvalue weighted by molar-refractivity contribution is 0.0209. The predicted octanol–water partition coefficient (Wildman–Crippen LogP) is 0.571. The van der Waals surface area contributed by atoms with Crippen LogP contribution < -0.4 is 10.6 Å². The van der Waals surface area contributed by atoms with Gasteiger partial charge in [-0.25, -0.2) is 4.79 Å². The largest absolute Gasteiger partial charge is 0.379 e. The van der Waals surface area contributed by atoms with Gasteiger partial charge in [-0.15, -0.1) is 0 Å². The van der Waals surface area contributed by atoms with E-state index < -0.39 is 0 Å². The summed E-state index contributed by atoms with van der Waals surface area (Å²) in [5, 5.41) is 9.87. The van der Waals surface area contributed by atoms with Crippen LogP contribution in [0.4, 0.5) is 10.6 Å². The van der Waals surface area contributed by atoms with E-state index in [9.17, 15) is 4.79 Å². The van der Waals surface area contributed by atoms with Gasteiger partial charge in [0.05, 0.1) is 18.9 Å². The number of amides is 2. The Labute approximate surface area is 119 Å². The lowest BCUT2D eigenvalue weighted by Crippen LogP contribution is -2.47. The van der Waals surface area contributed by atoms with Gasteiger partial charge in [-0.2, -0.15) is 5.10 Å². The number of aryl methyl sites for hydroxylation is 2. The fourth-order valence-corrected chi connectivity index (χ4v) is 2.28. The maximum atomic E-state index is 11.9. The second kappa shape index (κ2) is 6.71. The molecule has 7 heteroatoms. The molecule has 1 aromatic heterocycles. The molecular formula is C13H23N5O2. The maximum Gasteiger partial charge on any atom is 0.320 e. The lowest BCUT2D eigenvalue weighted by Gasteiger charge is -2.32. The van der Waals surface area contributed by atoms with Crippen LogP contribution in [-0.4, -0.2) is 59.6 Å². The van der Waals surface area contributed by atoms with Crippen molar-refractivity contribution in [3.63, 3.8) is 0 Å². The molecule has 0 aromatic carbocycles. The van der Waals surface area contributed by atoms with Gasteiger partial charge in [0.2, 0.25) is 0 Å². The molecule has 2 N–H and O–H groups in total. The second-order valence-corrected chi connectivity index (χ2v) is 5.13. The predicted molar refractivity (Wildman–Crippen MR) is 76.8 cm³/mol. The topological polar surface area (TPSA) is 71.4 Å². The van der Waals surface area contributed by atoms with Gasteiger partial charge in [0, 0.05) is 38.8 Å². The van der Waals surface area contributed by atoms with Crippen LogP contribution in [0.5, 0.6) is 0 Å². The summed E-state index contributed by atoms with van der Waals surface area (Å²) in [6, 6.07) is 1.94. The van der Waals surface area contributed by atoms with Gasteiger partial charge in [-0.3, -0.25) is 14.9 Å². The number of carbonyl (C=O) groups excluding carboxylic acids is 1. The summed E-state index contributed by atoms with van der Waals surface area (Å²) < 4.78 is 6.97. The first-order valence-electron chi connectivity index (χ1n) is 6.93. The third kappa shape index (κ3) is 3.94. The van der Waals surface area contributed by atoms with Crippen LogP contribution >= 0.6 is 0 Å². The Bertz CT molecular complexity index is 454. The number of aromatic nitrogens is 2. The third-order valence-electron chi connectivity index (χ3n) is 3.47. The summed E-state index contributed by atoms with van der Waals surface area (Å²) in [7, 11) is 1.80. The Morgan fingerprint density at radius 1 is 1.50 bits per heavy atom. The highest BCUT2D eigenvalue weighted by Crippen LogP contribution is 2.07. The molecule has 1 fully saturated rings. The van der Waals surface area contributed by atoms with E-state index in [0.29, 0.717) is 18.4 Å². The highest BCUT2D eigenvalue weighted by Gasteiger charge is 2.17. The second-order valence-electron chi connectivity index (χ2n) is 5.13. The first-order valence-corrected chi connectivity index (χ1v) is 6.93. The average molecular weight is 281 g/mol. The minimum Gasteiger partial charge on any atom is -0.379 e. The summed E-state index contributed by atoms with van der Waals surface area (Å²) >= 11 is 0. The smallest absolute Gasteiger partial charge is 0.320 e. The van der Waals surface area contributed by atoms with Crippen molar-refractivity contribution >= 4 is 11.8 Å². The van der Waals surface area contributed by atoms with E-state index in [1.165, 1.54) is 0 Å². The Kier molecular flexibility index (Phi) is 4.97. The van der Waals surface area contributed by atoms with Crippen LogP contribution in [0.15, 0.2) is 6.07 Å². The normalized spacial score (nSPS) is 17.8. The zero-order valence-electron chi connectivity index (χ0n) is 12.3. The summed E-state index contributed by atoms with van der Waals surface area (Å²) in [6.45, 7) is 8.00. The molecule has 0 spiro atoms. The SMILES string of the molecule is Cc1cc(NC(=O)NC[C@H](C)N2CCOCC2)n(C)n1. The van der Waals surface area contributed by atoms with Gasteiger partial charge >= 0.3 is 6.03 Å². The molecule has 2 amide bonds. The van der Waals surface area contributed by atoms with Crippen molar-refractivity contribution in [3.8, 4) is 0 Å². The molecule has 1 saturated heterocycles. The molecule has 7 nitrogen and oxygen atoms in total. The van der Waals surface area contributed by atoms with Gasteiger partial charge in [0.25, 0.3) is 0 Å². The van der Waals surface area contributed by atoms with E-state index >= 15 is 0 Å². The van der Waals surface area contributed by atoms with E-state index in [2.05, 4.69) is 27.6 Å². The molecule has 0 radical (unpaired) electrons. The lowest BCUT2D eigenvalue weighted by atomic mass is 10.2. The van der Waals surface area contributed by atoms with E-state index in [-0.39, 0.29) is 6.03 Å². The van der Waals surface area contributed by atoms with Crippen molar-refractivity contribution in [1.29, 1.82) is 0 Å². The molecule has 0 unspecified atom stereocenters. The number of rotatable bonds is 4. The first kappa shape index (κ1) is 14.8. The molecule has 112 valence electrons. The van der Waals surface area contributed by atoms with Crippen LogP contribution in [-0.2, 0) is 11.8 Å². The summed E-state index contributed by atoms with van der Waals surface area (Å²) in [6.07, 6.45) is 0. The van der Waals surface area contributed by atoms with Crippen LogP contribution in [0.25, 0.3) is 0 Å². The summed E-state index contributed by atoms with van der Waals surface area (Å²) in [5.74, 6) is 0.694. The summed E-state index contributed by atoms with van der Waals surface area (Å²) in [5.41, 5.74) is 0.879. The molecule has 1 atom stereocenters. The number of hydrogen-bond acceptors (Lipinski definition) is 4. The molecule has 2 rings (SSSR count). The molecule has 0 saturated carbocycles. The first-order chi connectivity index (χ1) is 9.56.